The molecule has 0 aliphatic rings. The van der Waals surface area contributed by atoms with E-state index in [4.69, 9.17) is 0 Å². The van der Waals surface area contributed by atoms with E-state index in [9.17, 15) is 0 Å². The summed E-state index contributed by atoms with van der Waals surface area (Å²) in [5, 5.41) is 0. The summed E-state index contributed by atoms with van der Waals surface area (Å²) in [5.41, 5.74) is 0. The van der Waals surface area contributed by atoms with Crippen molar-refractivity contribution in [3.05, 3.63) is 0 Å². The SMILES string of the molecule is Cl.Cl.Cl.Cl.Cl.Cl.Cl.Cl.Cl.Cl.Cl.Cl.Cl.[NaH].[NaH]. The van der Waals surface area contributed by atoms with Gasteiger partial charge >= 0.3 is 59.1 Å². The summed E-state index contributed by atoms with van der Waals surface area (Å²) in [6.07, 6.45) is 0. The first-order valence-corrected chi connectivity index (χ1v) is 0. The van der Waals surface area contributed by atoms with Crippen molar-refractivity contribution < 1.29 is 0 Å². The van der Waals surface area contributed by atoms with Crippen molar-refractivity contribution in [3.8, 4) is 0 Å². The molecule has 0 heterocycles. The average Bonchev–Trinajstić information content (AvgIpc) is 0. The third kappa shape index (κ3) is 188. The molecule has 0 aromatic carbocycles. The monoisotopic (exact) mass is 516 g/mol. The fourth-order valence-electron chi connectivity index (χ4n) is 0. The van der Waals surface area contributed by atoms with E-state index in [0.29, 0.717) is 0 Å². The maximum atomic E-state index is 0. The number of hydrogen-bond acceptors (Lipinski definition) is 0. The van der Waals surface area contributed by atoms with Crippen molar-refractivity contribution in [1.29, 1.82) is 0 Å². The first-order chi connectivity index (χ1) is 0. The predicted molar refractivity (Wildman–Crippen MR) is 109 cm³/mol. The molecule has 0 aromatic rings. The van der Waals surface area contributed by atoms with Crippen LogP contribution in [0.1, 0.15) is 0 Å². The summed E-state index contributed by atoms with van der Waals surface area (Å²) in [5.74, 6) is 0. The van der Waals surface area contributed by atoms with Crippen LogP contribution in [0.5, 0.6) is 0 Å². The van der Waals surface area contributed by atoms with Crippen LogP contribution >= 0.6 is 161 Å². The van der Waals surface area contributed by atoms with Gasteiger partial charge in [-0.25, -0.2) is 0 Å². The fraction of sp³-hybridized carbons (Fsp3) is 0. The number of hydrogen-bond donors (Lipinski definition) is 0. The van der Waals surface area contributed by atoms with Crippen molar-refractivity contribution in [1.82, 2.24) is 0 Å². The van der Waals surface area contributed by atoms with E-state index in [-0.39, 0.29) is 220 Å². The zero-order valence-electron chi connectivity index (χ0n) is 5.31. The molecule has 0 aliphatic carbocycles. The van der Waals surface area contributed by atoms with Crippen LogP contribution in [-0.2, 0) is 0 Å². The van der Waals surface area contributed by atoms with Crippen molar-refractivity contribution in [2.75, 3.05) is 0 Å². The van der Waals surface area contributed by atoms with Crippen molar-refractivity contribution in [3.63, 3.8) is 0 Å². The Kier molecular flexibility index (Phi) is 3400. The van der Waals surface area contributed by atoms with E-state index in [2.05, 4.69) is 0 Å². The maximum absolute atomic E-state index is 0. The zero-order chi connectivity index (χ0) is 0. The molecule has 15 heteroatoms. The Balaban J connectivity index is 0. The molecule has 0 aromatic heterocycles. The third-order valence-electron chi connectivity index (χ3n) is 0. The Labute approximate surface area is 216 Å². The molecule has 0 rings (SSSR count). The van der Waals surface area contributed by atoms with Gasteiger partial charge < -0.3 is 0 Å². The van der Waals surface area contributed by atoms with Gasteiger partial charge in [0.1, 0.15) is 0 Å². The summed E-state index contributed by atoms with van der Waals surface area (Å²) in [7, 11) is 0. The van der Waals surface area contributed by atoms with Gasteiger partial charge in [0.25, 0.3) is 0 Å². The van der Waals surface area contributed by atoms with Gasteiger partial charge in [-0.2, -0.15) is 0 Å². The van der Waals surface area contributed by atoms with Crippen LogP contribution in [0.4, 0.5) is 0 Å². The van der Waals surface area contributed by atoms with Gasteiger partial charge in [0.2, 0.25) is 0 Å². The Hall–Kier alpha value is 5.77. The van der Waals surface area contributed by atoms with E-state index in [1.54, 1.807) is 0 Å². The normalized spacial score (nSPS) is 0. The average molecular weight is 522 g/mol. The van der Waals surface area contributed by atoms with E-state index in [1.807, 2.05) is 0 Å². The second-order valence-electron chi connectivity index (χ2n) is 0. The van der Waals surface area contributed by atoms with E-state index in [0.717, 1.165) is 0 Å². The molecule has 0 amide bonds. The number of rotatable bonds is 0. The number of halogens is 13. The Morgan fingerprint density at radius 2 is 0.133 bits per heavy atom. The van der Waals surface area contributed by atoms with Crippen molar-refractivity contribution in [2.45, 2.75) is 0 Å². The zero-order valence-corrected chi connectivity index (χ0v) is 15.9. The Bertz CT molecular complexity index is 8.50. The molecule has 15 heavy (non-hydrogen) atoms. The quantitative estimate of drug-likeness (QED) is 0.420. The van der Waals surface area contributed by atoms with Gasteiger partial charge in [0.05, 0.1) is 0 Å². The van der Waals surface area contributed by atoms with Crippen LogP contribution in [0.25, 0.3) is 0 Å². The third-order valence-corrected chi connectivity index (χ3v) is 0. The summed E-state index contributed by atoms with van der Waals surface area (Å²) >= 11 is 0. The molecule has 108 valence electrons. The fourth-order valence-corrected chi connectivity index (χ4v) is 0. The minimum atomic E-state index is 0. The molecular weight excluding hydrogens is 507 g/mol. The molecule has 0 atom stereocenters. The van der Waals surface area contributed by atoms with Gasteiger partial charge in [-0.15, -0.1) is 161 Å². The summed E-state index contributed by atoms with van der Waals surface area (Å²) in [4.78, 5) is 0. The van der Waals surface area contributed by atoms with Crippen LogP contribution in [-0.4, -0.2) is 59.1 Å². The predicted octanol–water partition coefficient (Wildman–Crippen LogP) is 4.19. The molecule has 0 aliphatic heterocycles. The molecule has 0 fully saturated rings. The van der Waals surface area contributed by atoms with Crippen LogP contribution in [0, 0.1) is 0 Å². The van der Waals surface area contributed by atoms with Gasteiger partial charge in [0.15, 0.2) is 0 Å². The topological polar surface area (TPSA) is 0 Å². The van der Waals surface area contributed by atoms with Gasteiger partial charge in [-0.1, -0.05) is 0 Å². The molecule has 0 saturated carbocycles. The van der Waals surface area contributed by atoms with Crippen LogP contribution in [0.15, 0.2) is 0 Å². The molecule has 0 bridgehead atoms. The first-order valence-electron chi connectivity index (χ1n) is 0. The van der Waals surface area contributed by atoms with E-state index in [1.165, 1.54) is 0 Å². The van der Waals surface area contributed by atoms with Gasteiger partial charge in [-0.3, -0.25) is 0 Å². The molecule has 0 N–H and O–H groups in total. The molecule has 0 nitrogen and oxygen atoms in total. The Morgan fingerprint density at radius 1 is 0.133 bits per heavy atom. The minimum absolute atomic E-state index is 0. The molecular formula is H15Cl13Na2. The summed E-state index contributed by atoms with van der Waals surface area (Å²) < 4.78 is 0. The summed E-state index contributed by atoms with van der Waals surface area (Å²) in [6, 6.07) is 0. The van der Waals surface area contributed by atoms with Crippen LogP contribution in [0.3, 0.4) is 0 Å². The van der Waals surface area contributed by atoms with Crippen LogP contribution < -0.4 is 0 Å². The van der Waals surface area contributed by atoms with Crippen molar-refractivity contribution in [2.24, 2.45) is 0 Å². The van der Waals surface area contributed by atoms with Gasteiger partial charge in [-0.05, 0) is 0 Å². The van der Waals surface area contributed by atoms with E-state index < -0.39 is 0 Å². The van der Waals surface area contributed by atoms with E-state index >= 15 is 0 Å². The molecule has 0 spiro atoms. The van der Waals surface area contributed by atoms with Crippen LogP contribution in [0.2, 0.25) is 0 Å². The Morgan fingerprint density at radius 3 is 0.133 bits per heavy atom. The second-order valence-corrected chi connectivity index (χ2v) is 0. The molecule has 0 radical (unpaired) electrons. The first kappa shape index (κ1) is 244. The van der Waals surface area contributed by atoms with Crippen molar-refractivity contribution >= 4 is 220 Å². The molecule has 0 saturated heterocycles. The second kappa shape index (κ2) is 209. The molecule has 0 unspecified atom stereocenters. The van der Waals surface area contributed by atoms with Gasteiger partial charge in [0, 0.05) is 0 Å². The summed E-state index contributed by atoms with van der Waals surface area (Å²) in [6.45, 7) is 0. The standard InChI is InChI=1S/13ClH.2Na.2H/h13*1H;;;;.